The second-order valence-corrected chi connectivity index (χ2v) is 9.29. The first-order valence-corrected chi connectivity index (χ1v) is 12.5. The predicted octanol–water partition coefficient (Wildman–Crippen LogP) is 3.46. The monoisotopic (exact) mass is 510 g/mol. The molecule has 0 bridgehead atoms. The van der Waals surface area contributed by atoms with E-state index in [4.69, 9.17) is 0 Å². The summed E-state index contributed by atoms with van der Waals surface area (Å²) in [5, 5.41) is 36.6. The van der Waals surface area contributed by atoms with Crippen molar-refractivity contribution in [1.29, 1.82) is 0 Å². The highest BCUT2D eigenvalue weighted by molar-refractivity contribution is 5.80. The number of aromatic amines is 2. The first kappa shape index (κ1) is 25.2. The molecule has 2 aromatic carbocycles. The Morgan fingerprint density at radius 1 is 0.711 bits per heavy atom. The number of rotatable bonds is 8. The number of urea groups is 1. The Balaban J connectivity index is 1.57. The van der Waals surface area contributed by atoms with Crippen molar-refractivity contribution in [3.05, 3.63) is 120 Å². The highest BCUT2D eigenvalue weighted by Crippen LogP contribution is 2.28. The lowest BCUT2D eigenvalue weighted by Crippen LogP contribution is -2.49. The van der Waals surface area contributed by atoms with Crippen LogP contribution in [-0.2, 0) is 12.8 Å². The summed E-state index contributed by atoms with van der Waals surface area (Å²) in [5.41, 5.74) is 3.44. The highest BCUT2D eigenvalue weighted by atomic mass is 16.3. The molecule has 4 atom stereocenters. The Morgan fingerprint density at radius 3 is 1.50 bits per heavy atom. The standard InChI is InChI=1S/C29H30N6O3/c36-27-25(15-21-7-3-1-4-8-21)34(13-11-23-17-30-31-18-23)29(38)35(14-12-24-19-32-33-20-24)26(28(27)37)16-22-9-5-2-6-10-22/h1-14,17-20,25-28,36-37H,15-16H2,(H,30,31)(H,32,33)/b13-11+,14-12+/t25-,26-,27+,28+/m1/s1. The number of carbonyl (C=O) groups excluding carboxylic acids is 1. The largest absolute Gasteiger partial charge is 0.388 e. The molecule has 0 spiro atoms. The zero-order valence-electron chi connectivity index (χ0n) is 20.7. The molecule has 1 fully saturated rings. The van der Waals surface area contributed by atoms with E-state index in [2.05, 4.69) is 20.4 Å². The van der Waals surface area contributed by atoms with Crippen LogP contribution < -0.4 is 0 Å². The molecule has 4 N–H and O–H groups in total. The van der Waals surface area contributed by atoms with Gasteiger partial charge in [0.2, 0.25) is 0 Å². The second kappa shape index (κ2) is 11.7. The zero-order valence-corrected chi connectivity index (χ0v) is 20.7. The molecular formula is C29H30N6O3. The number of H-pyrrole nitrogens is 2. The molecule has 2 aromatic heterocycles. The van der Waals surface area contributed by atoms with Gasteiger partial charge >= 0.3 is 6.03 Å². The summed E-state index contributed by atoms with van der Waals surface area (Å²) in [7, 11) is 0. The Kier molecular flexibility index (Phi) is 7.77. The third-order valence-electron chi connectivity index (χ3n) is 6.76. The van der Waals surface area contributed by atoms with Crippen molar-refractivity contribution in [2.75, 3.05) is 0 Å². The molecule has 1 aliphatic heterocycles. The van der Waals surface area contributed by atoms with E-state index in [-0.39, 0.29) is 6.03 Å². The summed E-state index contributed by atoms with van der Waals surface area (Å²) in [5.74, 6) is 0. The van der Waals surface area contributed by atoms with Crippen LogP contribution in [0.15, 0.2) is 97.9 Å². The van der Waals surface area contributed by atoms with Gasteiger partial charge in [-0.15, -0.1) is 0 Å². The summed E-state index contributed by atoms with van der Waals surface area (Å²) < 4.78 is 0. The molecule has 1 aliphatic rings. The number of nitrogens with zero attached hydrogens (tertiary/aromatic N) is 4. The Bertz CT molecular complexity index is 1240. The fourth-order valence-corrected chi connectivity index (χ4v) is 4.74. The fourth-order valence-electron chi connectivity index (χ4n) is 4.74. The highest BCUT2D eigenvalue weighted by Gasteiger charge is 2.45. The average Bonchev–Trinajstić information content (AvgIpc) is 3.66. The van der Waals surface area contributed by atoms with Crippen LogP contribution >= 0.6 is 0 Å². The van der Waals surface area contributed by atoms with Crippen LogP contribution in [0.4, 0.5) is 4.79 Å². The topological polar surface area (TPSA) is 121 Å². The summed E-state index contributed by atoms with van der Waals surface area (Å²) >= 11 is 0. The van der Waals surface area contributed by atoms with Crippen molar-refractivity contribution in [1.82, 2.24) is 30.2 Å². The molecule has 194 valence electrons. The maximum atomic E-state index is 14.2. The first-order valence-electron chi connectivity index (χ1n) is 12.5. The second-order valence-electron chi connectivity index (χ2n) is 9.29. The number of aromatic nitrogens is 4. The summed E-state index contributed by atoms with van der Waals surface area (Å²) in [6.07, 6.45) is 11.8. The van der Waals surface area contributed by atoms with E-state index >= 15 is 0 Å². The molecule has 4 aromatic rings. The third-order valence-corrected chi connectivity index (χ3v) is 6.76. The molecule has 0 saturated carbocycles. The van der Waals surface area contributed by atoms with Crippen LogP contribution in [0.2, 0.25) is 0 Å². The van der Waals surface area contributed by atoms with Crippen LogP contribution in [0.25, 0.3) is 12.2 Å². The van der Waals surface area contributed by atoms with Gasteiger partial charge in [0.1, 0.15) is 12.2 Å². The zero-order chi connectivity index (χ0) is 26.3. The normalized spacial score (nSPS) is 22.4. The number of nitrogens with one attached hydrogen (secondary N) is 2. The molecule has 0 unspecified atom stereocenters. The molecule has 2 amide bonds. The molecule has 38 heavy (non-hydrogen) atoms. The molecule has 0 radical (unpaired) electrons. The van der Waals surface area contributed by atoms with Gasteiger partial charge in [-0.25, -0.2) is 4.79 Å². The van der Waals surface area contributed by atoms with Crippen molar-refractivity contribution < 1.29 is 15.0 Å². The van der Waals surface area contributed by atoms with Crippen molar-refractivity contribution >= 4 is 18.2 Å². The SMILES string of the molecule is O=C1N(/C=C/c2cn[nH]c2)[C@H](Cc2ccccc2)[C@H](O)[C@@H](O)[C@@H](Cc2ccccc2)N1/C=C/c1cn[nH]c1. The minimum atomic E-state index is -1.21. The lowest BCUT2D eigenvalue weighted by atomic mass is 9.91. The van der Waals surface area contributed by atoms with Crippen molar-refractivity contribution in [2.24, 2.45) is 0 Å². The molecule has 1 saturated heterocycles. The van der Waals surface area contributed by atoms with Crippen molar-refractivity contribution in [3.8, 4) is 0 Å². The van der Waals surface area contributed by atoms with Gasteiger partial charge in [-0.2, -0.15) is 10.2 Å². The first-order chi connectivity index (χ1) is 18.6. The molecule has 0 aliphatic carbocycles. The van der Waals surface area contributed by atoms with Crippen LogP contribution in [-0.4, -0.2) is 70.7 Å². The van der Waals surface area contributed by atoms with E-state index in [1.807, 2.05) is 60.7 Å². The van der Waals surface area contributed by atoms with E-state index < -0.39 is 24.3 Å². The van der Waals surface area contributed by atoms with E-state index in [0.717, 1.165) is 22.3 Å². The van der Waals surface area contributed by atoms with Gasteiger partial charge in [0.25, 0.3) is 0 Å². The number of aliphatic hydroxyl groups excluding tert-OH is 2. The third kappa shape index (κ3) is 5.74. The lowest BCUT2D eigenvalue weighted by Gasteiger charge is -2.31. The Labute approximate surface area is 220 Å². The summed E-state index contributed by atoms with van der Waals surface area (Å²) in [6, 6.07) is 17.5. The van der Waals surface area contributed by atoms with Gasteiger partial charge in [-0.1, -0.05) is 60.7 Å². The molecule has 3 heterocycles. The van der Waals surface area contributed by atoms with Crippen LogP contribution in [0.3, 0.4) is 0 Å². The molecule has 9 nitrogen and oxygen atoms in total. The number of benzene rings is 2. The van der Waals surface area contributed by atoms with Gasteiger partial charge in [0.15, 0.2) is 0 Å². The van der Waals surface area contributed by atoms with Crippen LogP contribution in [0.5, 0.6) is 0 Å². The number of carbonyl (C=O) groups is 1. The van der Waals surface area contributed by atoms with E-state index in [9.17, 15) is 15.0 Å². The maximum Gasteiger partial charge on any atom is 0.328 e. The van der Waals surface area contributed by atoms with Crippen molar-refractivity contribution in [3.63, 3.8) is 0 Å². The summed E-state index contributed by atoms with van der Waals surface area (Å²) in [6.45, 7) is 0. The average molecular weight is 511 g/mol. The molecular weight excluding hydrogens is 480 g/mol. The van der Waals surface area contributed by atoms with Crippen molar-refractivity contribution in [2.45, 2.75) is 37.1 Å². The minimum Gasteiger partial charge on any atom is -0.388 e. The van der Waals surface area contributed by atoms with Gasteiger partial charge in [0.05, 0.1) is 24.5 Å². The van der Waals surface area contributed by atoms with Gasteiger partial charge in [-0.05, 0) is 36.1 Å². The lowest BCUT2D eigenvalue weighted by molar-refractivity contribution is -0.0320. The summed E-state index contributed by atoms with van der Waals surface area (Å²) in [4.78, 5) is 17.3. The Hall–Kier alpha value is -4.47. The van der Waals surface area contributed by atoms with Crippen LogP contribution in [0.1, 0.15) is 22.3 Å². The maximum absolute atomic E-state index is 14.2. The van der Waals surface area contributed by atoms with E-state index in [0.29, 0.717) is 12.8 Å². The van der Waals surface area contributed by atoms with E-state index in [1.54, 1.807) is 49.3 Å². The quantitative estimate of drug-likeness (QED) is 0.289. The van der Waals surface area contributed by atoms with Crippen LogP contribution in [0, 0.1) is 0 Å². The number of amides is 2. The molecule has 9 heteroatoms. The number of hydrogen-bond acceptors (Lipinski definition) is 5. The van der Waals surface area contributed by atoms with Gasteiger partial charge < -0.3 is 10.2 Å². The van der Waals surface area contributed by atoms with Gasteiger partial charge in [0, 0.05) is 35.9 Å². The van der Waals surface area contributed by atoms with E-state index in [1.165, 1.54) is 9.80 Å². The van der Waals surface area contributed by atoms with Gasteiger partial charge in [-0.3, -0.25) is 20.0 Å². The Morgan fingerprint density at radius 2 is 1.13 bits per heavy atom. The fraction of sp³-hybridized carbons (Fsp3) is 0.207. The smallest absolute Gasteiger partial charge is 0.328 e. The predicted molar refractivity (Wildman–Crippen MR) is 144 cm³/mol. The minimum absolute atomic E-state index is 0.359. The molecule has 5 rings (SSSR count). The number of hydrogen-bond donors (Lipinski definition) is 4. The number of aliphatic hydroxyl groups is 2.